The second-order valence-corrected chi connectivity index (χ2v) is 6.03. The Kier molecular flexibility index (Phi) is 6.16. The molecule has 2 aromatic rings. The van der Waals surface area contributed by atoms with Gasteiger partial charge >= 0.3 is 5.97 Å². The van der Waals surface area contributed by atoms with Gasteiger partial charge in [0, 0.05) is 12.7 Å². The number of carbonyl (C=O) groups is 3. The zero-order chi connectivity index (χ0) is 19.3. The average Bonchev–Trinajstić information content (AvgIpc) is 3.01. The maximum Gasteiger partial charge on any atom is 0.342 e. The van der Waals surface area contributed by atoms with E-state index in [1.54, 1.807) is 6.92 Å². The summed E-state index contributed by atoms with van der Waals surface area (Å²) in [4.78, 5) is 37.3. The first-order chi connectivity index (χ1) is 12.3. The van der Waals surface area contributed by atoms with Gasteiger partial charge in [-0.25, -0.2) is 4.79 Å². The fourth-order valence-corrected chi connectivity index (χ4v) is 2.41. The normalized spacial score (nSPS) is 10.3. The maximum absolute atomic E-state index is 12.2. The molecule has 7 heteroatoms. The number of aryl methyl sites for hydroxylation is 3. The van der Waals surface area contributed by atoms with Gasteiger partial charge in [-0.05, 0) is 38.0 Å². The number of likely N-dealkylation sites (N-methyl/N-ethyl adjacent to an activating group) is 1. The van der Waals surface area contributed by atoms with Crippen LogP contribution in [0.1, 0.15) is 27.2 Å². The van der Waals surface area contributed by atoms with Crippen LogP contribution < -0.4 is 5.32 Å². The minimum absolute atomic E-state index is 0.144. The number of ether oxygens (including phenoxy) is 1. The number of hydrogen-bond acceptors (Lipinski definition) is 5. The van der Waals surface area contributed by atoms with Crippen LogP contribution in [0.2, 0.25) is 0 Å². The average molecular weight is 358 g/mol. The van der Waals surface area contributed by atoms with Gasteiger partial charge in [-0.1, -0.05) is 18.2 Å². The van der Waals surface area contributed by atoms with Gasteiger partial charge in [0.2, 0.25) is 5.91 Å². The zero-order valence-corrected chi connectivity index (χ0v) is 15.3. The van der Waals surface area contributed by atoms with Gasteiger partial charge in [0.25, 0.3) is 5.91 Å². The van der Waals surface area contributed by atoms with Crippen molar-refractivity contribution < 1.29 is 23.5 Å². The maximum atomic E-state index is 12.2. The van der Waals surface area contributed by atoms with Gasteiger partial charge in [-0.15, -0.1) is 0 Å². The van der Waals surface area contributed by atoms with Gasteiger partial charge in [0.1, 0.15) is 11.3 Å². The molecule has 0 atom stereocenters. The number of nitrogens with zero attached hydrogens (tertiary/aromatic N) is 1. The molecular formula is C19H22N2O5. The second-order valence-electron chi connectivity index (χ2n) is 6.03. The van der Waals surface area contributed by atoms with Crippen molar-refractivity contribution in [3.8, 4) is 0 Å². The second kappa shape index (κ2) is 8.33. The summed E-state index contributed by atoms with van der Waals surface area (Å²) in [5, 5.41) is 2.81. The van der Waals surface area contributed by atoms with Crippen molar-refractivity contribution in [2.45, 2.75) is 20.8 Å². The van der Waals surface area contributed by atoms with Crippen molar-refractivity contribution in [3.05, 3.63) is 53.0 Å². The molecular weight excluding hydrogens is 336 g/mol. The summed E-state index contributed by atoms with van der Waals surface area (Å²) < 4.78 is 9.99. The monoisotopic (exact) mass is 358 g/mol. The van der Waals surface area contributed by atoms with Crippen LogP contribution in [0.25, 0.3) is 0 Å². The molecule has 0 saturated heterocycles. The molecule has 1 aromatic heterocycles. The van der Waals surface area contributed by atoms with E-state index < -0.39 is 18.5 Å². The molecule has 2 rings (SSSR count). The first-order valence-electron chi connectivity index (χ1n) is 8.11. The number of carbonyl (C=O) groups excluding carboxylic acids is 3. The van der Waals surface area contributed by atoms with E-state index in [4.69, 9.17) is 9.15 Å². The third kappa shape index (κ3) is 4.72. The standard InChI is InChI=1S/C19H22N2O5/c1-12-6-5-7-13(2)18(12)20-16(22)10-21(4)17(23)11-26-19(24)15-8-9-25-14(15)3/h5-9H,10-11H2,1-4H3,(H,20,22). The lowest BCUT2D eigenvalue weighted by Crippen LogP contribution is -2.37. The summed E-state index contributed by atoms with van der Waals surface area (Å²) in [7, 11) is 1.48. The Morgan fingerprint density at radius 1 is 1.12 bits per heavy atom. The molecule has 0 saturated carbocycles. The molecule has 7 nitrogen and oxygen atoms in total. The minimum atomic E-state index is -0.641. The number of nitrogens with one attached hydrogen (secondary N) is 1. The molecule has 1 N–H and O–H groups in total. The van der Waals surface area contributed by atoms with Crippen LogP contribution in [0.3, 0.4) is 0 Å². The molecule has 0 spiro atoms. The van der Waals surface area contributed by atoms with E-state index in [9.17, 15) is 14.4 Å². The van der Waals surface area contributed by atoms with Crippen LogP contribution in [0.15, 0.2) is 34.9 Å². The summed E-state index contributed by atoms with van der Waals surface area (Å²) in [5.41, 5.74) is 2.89. The number of anilines is 1. The van der Waals surface area contributed by atoms with E-state index in [0.717, 1.165) is 16.8 Å². The summed E-state index contributed by atoms with van der Waals surface area (Å²) in [6, 6.07) is 7.18. The van der Waals surface area contributed by atoms with Crippen molar-refractivity contribution in [1.29, 1.82) is 0 Å². The van der Waals surface area contributed by atoms with Gasteiger partial charge < -0.3 is 19.4 Å². The molecule has 138 valence electrons. The number of rotatable bonds is 6. The third-order valence-corrected chi connectivity index (χ3v) is 3.96. The van der Waals surface area contributed by atoms with Crippen molar-refractivity contribution in [2.24, 2.45) is 0 Å². The Morgan fingerprint density at radius 2 is 1.77 bits per heavy atom. The summed E-state index contributed by atoms with van der Waals surface area (Å²) in [6.07, 6.45) is 1.37. The predicted molar refractivity (Wildman–Crippen MR) is 95.9 cm³/mol. The first-order valence-corrected chi connectivity index (χ1v) is 8.11. The minimum Gasteiger partial charge on any atom is -0.469 e. The quantitative estimate of drug-likeness (QED) is 0.801. The van der Waals surface area contributed by atoms with Crippen molar-refractivity contribution in [2.75, 3.05) is 25.5 Å². The lowest BCUT2D eigenvalue weighted by molar-refractivity contribution is -0.136. The van der Waals surface area contributed by atoms with E-state index >= 15 is 0 Å². The topological polar surface area (TPSA) is 88.9 Å². The number of hydrogen-bond donors (Lipinski definition) is 1. The summed E-state index contributed by atoms with van der Waals surface area (Å²) in [6.45, 7) is 4.83. The molecule has 0 fully saturated rings. The van der Waals surface area contributed by atoms with E-state index in [-0.39, 0.29) is 18.0 Å². The Labute approximate surface area is 151 Å². The van der Waals surface area contributed by atoms with Crippen molar-refractivity contribution in [3.63, 3.8) is 0 Å². The van der Waals surface area contributed by atoms with E-state index in [0.29, 0.717) is 5.76 Å². The highest BCUT2D eigenvalue weighted by Gasteiger charge is 2.18. The Balaban J connectivity index is 1.85. The van der Waals surface area contributed by atoms with Crippen LogP contribution in [-0.2, 0) is 14.3 Å². The highest BCUT2D eigenvalue weighted by Crippen LogP contribution is 2.19. The largest absolute Gasteiger partial charge is 0.469 e. The van der Waals surface area contributed by atoms with Crippen LogP contribution in [-0.4, -0.2) is 42.9 Å². The van der Waals surface area contributed by atoms with Crippen molar-refractivity contribution in [1.82, 2.24) is 4.90 Å². The van der Waals surface area contributed by atoms with Crippen LogP contribution in [0.5, 0.6) is 0 Å². The molecule has 0 radical (unpaired) electrons. The fourth-order valence-electron chi connectivity index (χ4n) is 2.41. The van der Waals surface area contributed by atoms with Crippen molar-refractivity contribution >= 4 is 23.5 Å². The fraction of sp³-hybridized carbons (Fsp3) is 0.316. The zero-order valence-electron chi connectivity index (χ0n) is 15.3. The predicted octanol–water partition coefficient (Wildman–Crippen LogP) is 2.46. The SMILES string of the molecule is Cc1cccc(C)c1NC(=O)CN(C)C(=O)COC(=O)c1ccoc1C. The third-order valence-electron chi connectivity index (χ3n) is 3.96. The number of amides is 2. The Bertz CT molecular complexity index is 805. The highest BCUT2D eigenvalue weighted by molar-refractivity contribution is 5.96. The van der Waals surface area contributed by atoms with Gasteiger partial charge in [0.05, 0.1) is 12.8 Å². The molecule has 0 aliphatic rings. The van der Waals surface area contributed by atoms with Crippen LogP contribution in [0, 0.1) is 20.8 Å². The summed E-state index contributed by atoms with van der Waals surface area (Å²) in [5.74, 6) is -1.02. The molecule has 2 amide bonds. The lowest BCUT2D eigenvalue weighted by atomic mass is 10.1. The Hall–Kier alpha value is -3.09. The van der Waals surface area contributed by atoms with Gasteiger partial charge in [-0.3, -0.25) is 9.59 Å². The molecule has 0 unspecified atom stereocenters. The lowest BCUT2D eigenvalue weighted by Gasteiger charge is -2.18. The van der Waals surface area contributed by atoms with Crippen LogP contribution in [0.4, 0.5) is 5.69 Å². The van der Waals surface area contributed by atoms with E-state index in [1.807, 2.05) is 32.0 Å². The van der Waals surface area contributed by atoms with Gasteiger partial charge in [-0.2, -0.15) is 0 Å². The smallest absolute Gasteiger partial charge is 0.342 e. The molecule has 0 aliphatic heterocycles. The number of para-hydroxylation sites is 1. The molecule has 1 heterocycles. The van der Waals surface area contributed by atoms with Crippen LogP contribution >= 0.6 is 0 Å². The number of furan rings is 1. The molecule has 26 heavy (non-hydrogen) atoms. The molecule has 0 bridgehead atoms. The number of benzene rings is 1. The first kappa shape index (κ1) is 19.2. The van der Waals surface area contributed by atoms with E-state index in [2.05, 4.69) is 5.32 Å². The summed E-state index contributed by atoms with van der Waals surface area (Å²) >= 11 is 0. The van der Waals surface area contributed by atoms with E-state index in [1.165, 1.54) is 24.3 Å². The number of esters is 1. The highest BCUT2D eigenvalue weighted by atomic mass is 16.5. The Morgan fingerprint density at radius 3 is 2.35 bits per heavy atom. The van der Waals surface area contributed by atoms with Gasteiger partial charge in [0.15, 0.2) is 6.61 Å². The molecule has 1 aromatic carbocycles. The molecule has 0 aliphatic carbocycles.